The number of carbonyl (C=O) groups excluding carboxylic acids is 1. The van der Waals surface area contributed by atoms with Gasteiger partial charge in [-0.3, -0.25) is 4.79 Å². The Bertz CT molecular complexity index is 593. The number of hydrogen-bond donors (Lipinski definition) is 2. The highest BCUT2D eigenvalue weighted by molar-refractivity contribution is 6.32. The van der Waals surface area contributed by atoms with E-state index in [1.165, 1.54) is 0 Å². The minimum Gasteiger partial charge on any atom is -0.372 e. The minimum absolute atomic E-state index is 0.310. The number of aliphatic hydroxyl groups is 1. The van der Waals surface area contributed by atoms with Gasteiger partial charge in [-0.2, -0.15) is 0 Å². The zero-order chi connectivity index (χ0) is 14.0. The SMILES string of the molecule is Cc1cccc(Cl)c1C(O)(C(N)=O)c1ccccc1. The van der Waals surface area contributed by atoms with E-state index < -0.39 is 11.5 Å². The molecule has 0 spiro atoms. The van der Waals surface area contributed by atoms with Gasteiger partial charge in [0.05, 0.1) is 0 Å². The molecule has 2 aromatic rings. The fourth-order valence-corrected chi connectivity index (χ4v) is 2.54. The van der Waals surface area contributed by atoms with Crippen LogP contribution in [0.15, 0.2) is 48.5 Å². The number of hydrogen-bond acceptors (Lipinski definition) is 2. The van der Waals surface area contributed by atoms with Crippen molar-refractivity contribution in [2.24, 2.45) is 5.73 Å². The lowest BCUT2D eigenvalue weighted by molar-refractivity contribution is -0.133. The molecule has 0 aliphatic heterocycles. The van der Waals surface area contributed by atoms with Gasteiger partial charge in [0.15, 0.2) is 5.60 Å². The molecule has 2 aromatic carbocycles. The first-order chi connectivity index (χ1) is 8.98. The third-order valence-corrected chi connectivity index (χ3v) is 3.45. The molecule has 4 heteroatoms. The first-order valence-corrected chi connectivity index (χ1v) is 6.19. The Morgan fingerprint density at radius 3 is 2.32 bits per heavy atom. The normalized spacial score (nSPS) is 13.8. The van der Waals surface area contributed by atoms with Gasteiger partial charge in [0.2, 0.25) is 0 Å². The molecule has 0 saturated heterocycles. The zero-order valence-electron chi connectivity index (χ0n) is 10.4. The summed E-state index contributed by atoms with van der Waals surface area (Å²) in [6.45, 7) is 1.78. The van der Waals surface area contributed by atoms with Crippen LogP contribution in [0.2, 0.25) is 5.02 Å². The fraction of sp³-hybridized carbons (Fsp3) is 0.133. The van der Waals surface area contributed by atoms with Crippen LogP contribution < -0.4 is 5.73 Å². The fourth-order valence-electron chi connectivity index (χ4n) is 2.18. The number of nitrogens with two attached hydrogens (primary N) is 1. The van der Waals surface area contributed by atoms with Gasteiger partial charge >= 0.3 is 0 Å². The van der Waals surface area contributed by atoms with Crippen LogP contribution in [0.4, 0.5) is 0 Å². The summed E-state index contributed by atoms with van der Waals surface area (Å²) >= 11 is 6.14. The van der Waals surface area contributed by atoms with Crippen molar-refractivity contribution in [1.29, 1.82) is 0 Å². The van der Waals surface area contributed by atoms with Crippen LogP contribution in [0.25, 0.3) is 0 Å². The molecule has 3 nitrogen and oxygen atoms in total. The largest absolute Gasteiger partial charge is 0.372 e. The first-order valence-electron chi connectivity index (χ1n) is 5.81. The number of rotatable bonds is 3. The van der Waals surface area contributed by atoms with Gasteiger partial charge in [-0.05, 0) is 24.1 Å². The van der Waals surface area contributed by atoms with Crippen molar-refractivity contribution >= 4 is 17.5 Å². The molecule has 2 rings (SSSR count). The minimum atomic E-state index is -1.93. The van der Waals surface area contributed by atoms with E-state index in [-0.39, 0.29) is 0 Å². The van der Waals surface area contributed by atoms with Gasteiger partial charge in [-0.15, -0.1) is 0 Å². The van der Waals surface area contributed by atoms with Crippen molar-refractivity contribution in [3.63, 3.8) is 0 Å². The highest BCUT2D eigenvalue weighted by atomic mass is 35.5. The Balaban J connectivity index is 2.75. The lowest BCUT2D eigenvalue weighted by atomic mass is 9.83. The van der Waals surface area contributed by atoms with Gasteiger partial charge in [0.1, 0.15) is 0 Å². The molecule has 3 N–H and O–H groups in total. The average Bonchev–Trinajstić information content (AvgIpc) is 2.39. The van der Waals surface area contributed by atoms with E-state index in [9.17, 15) is 9.90 Å². The van der Waals surface area contributed by atoms with Crippen molar-refractivity contribution in [3.8, 4) is 0 Å². The number of carbonyl (C=O) groups is 1. The maximum Gasteiger partial charge on any atom is 0.258 e. The average molecular weight is 276 g/mol. The summed E-state index contributed by atoms with van der Waals surface area (Å²) < 4.78 is 0. The second-order valence-corrected chi connectivity index (χ2v) is 4.78. The van der Waals surface area contributed by atoms with E-state index in [0.717, 1.165) is 0 Å². The van der Waals surface area contributed by atoms with Crippen molar-refractivity contribution in [2.45, 2.75) is 12.5 Å². The highest BCUT2D eigenvalue weighted by Gasteiger charge is 2.40. The van der Waals surface area contributed by atoms with Crippen molar-refractivity contribution in [2.75, 3.05) is 0 Å². The Morgan fingerprint density at radius 2 is 1.79 bits per heavy atom. The van der Waals surface area contributed by atoms with Gasteiger partial charge in [-0.25, -0.2) is 0 Å². The number of halogens is 1. The van der Waals surface area contributed by atoms with Gasteiger partial charge in [-0.1, -0.05) is 54.1 Å². The monoisotopic (exact) mass is 275 g/mol. The second-order valence-electron chi connectivity index (χ2n) is 4.37. The Morgan fingerprint density at radius 1 is 1.16 bits per heavy atom. The van der Waals surface area contributed by atoms with Crippen molar-refractivity contribution in [3.05, 3.63) is 70.2 Å². The lowest BCUT2D eigenvalue weighted by Gasteiger charge is -2.28. The summed E-state index contributed by atoms with van der Waals surface area (Å²) in [6, 6.07) is 13.7. The van der Waals surface area contributed by atoms with Crippen molar-refractivity contribution < 1.29 is 9.90 Å². The maximum atomic E-state index is 11.8. The van der Waals surface area contributed by atoms with Crippen LogP contribution in [-0.4, -0.2) is 11.0 Å². The van der Waals surface area contributed by atoms with Crippen LogP contribution in [0.1, 0.15) is 16.7 Å². The van der Waals surface area contributed by atoms with E-state index in [1.54, 1.807) is 55.5 Å². The molecule has 1 amide bonds. The first kappa shape index (κ1) is 13.6. The van der Waals surface area contributed by atoms with E-state index in [2.05, 4.69) is 0 Å². The second kappa shape index (κ2) is 5.03. The Hall–Kier alpha value is -1.84. The standard InChI is InChI=1S/C15H14ClNO2/c1-10-6-5-9-12(16)13(10)15(19,14(17)18)11-7-3-2-4-8-11/h2-9,19H,1H3,(H2,17,18). The van der Waals surface area contributed by atoms with Gasteiger partial charge in [0.25, 0.3) is 5.91 Å². The summed E-state index contributed by atoms with van der Waals surface area (Å²) in [5, 5.41) is 11.1. The smallest absolute Gasteiger partial charge is 0.258 e. The Kier molecular flexibility index (Phi) is 3.60. The molecular formula is C15H14ClNO2. The highest BCUT2D eigenvalue weighted by Crippen LogP contribution is 2.36. The topological polar surface area (TPSA) is 63.3 Å². The van der Waals surface area contributed by atoms with Crippen LogP contribution >= 0.6 is 11.6 Å². The molecule has 0 heterocycles. The molecule has 1 unspecified atom stereocenters. The van der Waals surface area contributed by atoms with Crippen LogP contribution in [0.5, 0.6) is 0 Å². The van der Waals surface area contributed by atoms with Gasteiger partial charge in [0, 0.05) is 10.6 Å². The summed E-state index contributed by atoms with van der Waals surface area (Å²) in [6.07, 6.45) is 0. The molecule has 0 aromatic heterocycles. The predicted molar refractivity (Wildman–Crippen MR) is 74.8 cm³/mol. The maximum absolute atomic E-state index is 11.8. The van der Waals surface area contributed by atoms with E-state index in [0.29, 0.717) is 21.7 Å². The molecule has 0 saturated carbocycles. The molecule has 0 aliphatic rings. The van der Waals surface area contributed by atoms with Crippen LogP contribution in [-0.2, 0) is 10.4 Å². The van der Waals surface area contributed by atoms with Crippen LogP contribution in [0.3, 0.4) is 0 Å². The molecular weight excluding hydrogens is 262 g/mol. The molecule has 98 valence electrons. The molecule has 0 radical (unpaired) electrons. The molecule has 19 heavy (non-hydrogen) atoms. The Labute approximate surface area is 116 Å². The predicted octanol–water partition coefficient (Wildman–Crippen LogP) is 2.37. The molecule has 0 bridgehead atoms. The third kappa shape index (κ3) is 2.23. The zero-order valence-corrected chi connectivity index (χ0v) is 11.2. The van der Waals surface area contributed by atoms with Crippen LogP contribution in [0, 0.1) is 6.92 Å². The number of aryl methyl sites for hydroxylation is 1. The van der Waals surface area contributed by atoms with E-state index in [1.807, 2.05) is 0 Å². The molecule has 1 atom stereocenters. The molecule has 0 fully saturated rings. The van der Waals surface area contributed by atoms with Gasteiger partial charge < -0.3 is 10.8 Å². The van der Waals surface area contributed by atoms with Crippen molar-refractivity contribution in [1.82, 2.24) is 0 Å². The lowest BCUT2D eigenvalue weighted by Crippen LogP contribution is -2.43. The molecule has 0 aliphatic carbocycles. The quantitative estimate of drug-likeness (QED) is 0.903. The van der Waals surface area contributed by atoms with E-state index >= 15 is 0 Å². The summed E-state index contributed by atoms with van der Waals surface area (Å²) in [7, 11) is 0. The third-order valence-electron chi connectivity index (χ3n) is 3.13. The summed E-state index contributed by atoms with van der Waals surface area (Å²) in [4.78, 5) is 11.8. The summed E-state index contributed by atoms with van der Waals surface area (Å²) in [5.41, 5.74) is 4.94. The number of primary amides is 1. The summed E-state index contributed by atoms with van der Waals surface area (Å²) in [5.74, 6) is -0.852. The number of benzene rings is 2. The number of amides is 1. The van der Waals surface area contributed by atoms with E-state index in [4.69, 9.17) is 17.3 Å².